The van der Waals surface area contributed by atoms with Crippen LogP contribution in [0.3, 0.4) is 0 Å². The number of nitrogens with zero attached hydrogens (tertiary/aromatic N) is 1. The molecule has 27 heavy (non-hydrogen) atoms. The zero-order valence-electron chi connectivity index (χ0n) is 14.9. The first-order chi connectivity index (χ1) is 12.2. The van der Waals surface area contributed by atoms with Gasteiger partial charge in [0.1, 0.15) is 17.5 Å². The van der Waals surface area contributed by atoms with Gasteiger partial charge in [-0.25, -0.2) is 13.1 Å². The highest BCUT2D eigenvalue weighted by atomic mass is 35.5. The van der Waals surface area contributed by atoms with E-state index in [0.717, 1.165) is 0 Å². The predicted molar refractivity (Wildman–Crippen MR) is 96.3 cm³/mol. The number of hydrogen-bond acceptors (Lipinski definition) is 6. The van der Waals surface area contributed by atoms with Crippen LogP contribution in [0.2, 0.25) is 0 Å². The van der Waals surface area contributed by atoms with Gasteiger partial charge in [0.25, 0.3) is 0 Å². The SMILES string of the molecule is COc1cc(OC)cc(S(=O)(=O)NCC(N2CCNCC2)C(F)(F)F)c1.Cl. The molecule has 0 spiro atoms. The van der Waals surface area contributed by atoms with Gasteiger partial charge in [-0.3, -0.25) is 4.90 Å². The summed E-state index contributed by atoms with van der Waals surface area (Å²) in [5, 5.41) is 2.97. The molecular formula is C15H23ClF3N3O4S. The van der Waals surface area contributed by atoms with Crippen molar-refractivity contribution in [2.45, 2.75) is 17.1 Å². The third-order valence-electron chi connectivity index (χ3n) is 4.07. The Balaban J connectivity index is 0.00000364. The van der Waals surface area contributed by atoms with Crippen LogP contribution in [0.25, 0.3) is 0 Å². The van der Waals surface area contributed by atoms with Gasteiger partial charge in [-0.1, -0.05) is 0 Å². The number of methoxy groups -OCH3 is 2. The Morgan fingerprint density at radius 2 is 1.67 bits per heavy atom. The Morgan fingerprint density at radius 1 is 1.15 bits per heavy atom. The average Bonchev–Trinajstić information content (AvgIpc) is 2.61. The molecule has 1 aromatic carbocycles. The van der Waals surface area contributed by atoms with Gasteiger partial charge in [0, 0.05) is 50.9 Å². The summed E-state index contributed by atoms with van der Waals surface area (Å²) in [6.45, 7) is 0.460. The molecule has 7 nitrogen and oxygen atoms in total. The molecule has 2 N–H and O–H groups in total. The standard InChI is InChI=1S/C15H22F3N3O4S.ClH/c1-24-11-7-12(25-2)9-13(8-11)26(22,23)20-10-14(15(16,17)18)21-5-3-19-4-6-21;/h7-9,14,19-20H,3-6,10H2,1-2H3;1H. The molecule has 1 aliphatic rings. The molecule has 1 unspecified atom stereocenters. The van der Waals surface area contributed by atoms with Gasteiger partial charge in [0.15, 0.2) is 0 Å². The average molecular weight is 434 g/mol. The van der Waals surface area contributed by atoms with Crippen molar-refractivity contribution in [1.82, 2.24) is 14.9 Å². The lowest BCUT2D eigenvalue weighted by atomic mass is 10.2. The maximum absolute atomic E-state index is 13.4. The summed E-state index contributed by atoms with van der Waals surface area (Å²) >= 11 is 0. The van der Waals surface area contributed by atoms with E-state index in [1.54, 1.807) is 0 Å². The fraction of sp³-hybridized carbons (Fsp3) is 0.600. The summed E-state index contributed by atoms with van der Waals surface area (Å²) < 4.78 is 77.1. The third-order valence-corrected chi connectivity index (χ3v) is 5.48. The molecule has 0 radical (unpaired) electrons. The molecule has 1 aromatic rings. The van der Waals surface area contributed by atoms with Crippen molar-refractivity contribution in [3.8, 4) is 11.5 Å². The first kappa shape index (κ1) is 23.8. The second-order valence-electron chi connectivity index (χ2n) is 5.74. The van der Waals surface area contributed by atoms with Gasteiger partial charge in [0.2, 0.25) is 10.0 Å². The van der Waals surface area contributed by atoms with E-state index in [9.17, 15) is 21.6 Å². The smallest absolute Gasteiger partial charge is 0.405 e. The van der Waals surface area contributed by atoms with Crippen LogP contribution in [-0.4, -0.2) is 72.5 Å². The van der Waals surface area contributed by atoms with E-state index < -0.39 is 28.8 Å². The molecule has 0 saturated carbocycles. The van der Waals surface area contributed by atoms with E-state index >= 15 is 0 Å². The predicted octanol–water partition coefficient (Wildman–Crippen LogP) is 1.24. The van der Waals surface area contributed by atoms with E-state index in [-0.39, 0.29) is 41.9 Å². The molecule has 1 fully saturated rings. The maximum atomic E-state index is 13.4. The monoisotopic (exact) mass is 433 g/mol. The molecular weight excluding hydrogens is 411 g/mol. The fourth-order valence-corrected chi connectivity index (χ4v) is 3.74. The lowest BCUT2D eigenvalue weighted by molar-refractivity contribution is -0.182. The molecule has 12 heteroatoms. The van der Waals surface area contributed by atoms with Gasteiger partial charge < -0.3 is 14.8 Å². The fourth-order valence-electron chi connectivity index (χ4n) is 2.65. The van der Waals surface area contributed by atoms with Crippen molar-refractivity contribution >= 4 is 22.4 Å². The summed E-state index contributed by atoms with van der Waals surface area (Å²) in [7, 11) is -1.47. The van der Waals surface area contributed by atoms with Crippen LogP contribution >= 0.6 is 12.4 Å². The van der Waals surface area contributed by atoms with Crippen molar-refractivity contribution in [3.63, 3.8) is 0 Å². The Hall–Kier alpha value is -1.27. The molecule has 1 heterocycles. The van der Waals surface area contributed by atoms with Crippen LogP contribution in [0, 0.1) is 0 Å². The Bertz CT molecular complexity index is 690. The summed E-state index contributed by atoms with van der Waals surface area (Å²) in [6, 6.07) is 2.02. The number of ether oxygens (including phenoxy) is 2. The first-order valence-electron chi connectivity index (χ1n) is 7.91. The van der Waals surface area contributed by atoms with Crippen LogP contribution < -0.4 is 19.5 Å². The number of sulfonamides is 1. The van der Waals surface area contributed by atoms with E-state index in [2.05, 4.69) is 10.0 Å². The van der Waals surface area contributed by atoms with Gasteiger partial charge in [-0.15, -0.1) is 12.4 Å². The van der Waals surface area contributed by atoms with Crippen LogP contribution in [0.4, 0.5) is 13.2 Å². The molecule has 1 aliphatic heterocycles. The minimum atomic E-state index is -4.55. The third kappa shape index (κ3) is 6.39. The van der Waals surface area contributed by atoms with Gasteiger partial charge in [-0.05, 0) is 0 Å². The van der Waals surface area contributed by atoms with Crippen molar-refractivity contribution < 1.29 is 31.1 Å². The second-order valence-corrected chi connectivity index (χ2v) is 7.51. The molecule has 0 amide bonds. The van der Waals surface area contributed by atoms with Crippen LogP contribution in [-0.2, 0) is 10.0 Å². The second kappa shape index (κ2) is 9.78. The number of benzene rings is 1. The molecule has 1 saturated heterocycles. The largest absolute Gasteiger partial charge is 0.497 e. The minimum Gasteiger partial charge on any atom is -0.497 e. The Kier molecular flexibility index (Phi) is 8.61. The first-order valence-corrected chi connectivity index (χ1v) is 9.40. The van der Waals surface area contributed by atoms with Crippen LogP contribution in [0.15, 0.2) is 23.1 Å². The van der Waals surface area contributed by atoms with E-state index in [1.807, 2.05) is 0 Å². The highest BCUT2D eigenvalue weighted by Gasteiger charge is 2.44. The number of piperazine rings is 1. The van der Waals surface area contributed by atoms with Gasteiger partial charge >= 0.3 is 6.18 Å². The Labute approximate surface area is 162 Å². The molecule has 0 bridgehead atoms. The molecule has 0 aliphatic carbocycles. The lowest BCUT2D eigenvalue weighted by Crippen LogP contribution is -2.57. The zero-order valence-corrected chi connectivity index (χ0v) is 16.5. The van der Waals surface area contributed by atoms with E-state index in [1.165, 1.54) is 37.3 Å². The highest BCUT2D eigenvalue weighted by Crippen LogP contribution is 2.27. The molecule has 0 aromatic heterocycles. The summed E-state index contributed by atoms with van der Waals surface area (Å²) in [5.41, 5.74) is 0. The quantitative estimate of drug-likeness (QED) is 0.673. The number of rotatable bonds is 7. The summed E-state index contributed by atoms with van der Waals surface area (Å²) in [6.07, 6.45) is -4.55. The topological polar surface area (TPSA) is 79.9 Å². The zero-order chi connectivity index (χ0) is 19.4. The van der Waals surface area contributed by atoms with Crippen molar-refractivity contribution in [2.24, 2.45) is 0 Å². The van der Waals surface area contributed by atoms with Crippen LogP contribution in [0.1, 0.15) is 0 Å². The number of halogens is 4. The number of nitrogens with one attached hydrogen (secondary N) is 2. The number of alkyl halides is 3. The Morgan fingerprint density at radius 3 is 2.11 bits per heavy atom. The highest BCUT2D eigenvalue weighted by molar-refractivity contribution is 7.89. The number of hydrogen-bond donors (Lipinski definition) is 2. The van der Waals surface area contributed by atoms with E-state index in [4.69, 9.17) is 9.47 Å². The normalized spacial score (nSPS) is 17.1. The van der Waals surface area contributed by atoms with Crippen molar-refractivity contribution in [3.05, 3.63) is 18.2 Å². The molecule has 1 atom stereocenters. The van der Waals surface area contributed by atoms with Crippen molar-refractivity contribution in [1.29, 1.82) is 0 Å². The van der Waals surface area contributed by atoms with Gasteiger partial charge in [0.05, 0.1) is 19.1 Å². The minimum absolute atomic E-state index is 0. The van der Waals surface area contributed by atoms with Gasteiger partial charge in [-0.2, -0.15) is 13.2 Å². The summed E-state index contributed by atoms with van der Waals surface area (Å²) in [4.78, 5) is 1.00. The van der Waals surface area contributed by atoms with Crippen LogP contribution in [0.5, 0.6) is 11.5 Å². The molecule has 2 rings (SSSR count). The lowest BCUT2D eigenvalue weighted by Gasteiger charge is -2.35. The summed E-state index contributed by atoms with van der Waals surface area (Å²) in [5.74, 6) is 0.443. The maximum Gasteiger partial charge on any atom is 0.405 e. The van der Waals surface area contributed by atoms with E-state index in [0.29, 0.717) is 13.1 Å². The molecule has 156 valence electrons. The van der Waals surface area contributed by atoms with Crippen molar-refractivity contribution in [2.75, 3.05) is 46.9 Å².